The molecule has 26 heavy (non-hydrogen) atoms. The number of anilines is 2. The number of hydrogen-bond donors (Lipinski definition) is 4. The molecular formula is C18H16ClN5O2. The van der Waals surface area contributed by atoms with Gasteiger partial charge >= 0.3 is 6.03 Å². The fourth-order valence-electron chi connectivity index (χ4n) is 2.32. The van der Waals surface area contributed by atoms with Crippen LogP contribution in [0, 0.1) is 0 Å². The van der Waals surface area contributed by atoms with E-state index in [1.165, 1.54) is 13.2 Å². The van der Waals surface area contributed by atoms with Gasteiger partial charge in [-0.1, -0.05) is 23.7 Å². The van der Waals surface area contributed by atoms with Crippen molar-refractivity contribution < 1.29 is 9.59 Å². The molecule has 3 rings (SSSR count). The number of aromatic amines is 1. The molecule has 8 heteroatoms. The summed E-state index contributed by atoms with van der Waals surface area (Å²) in [5.74, 6) is -0.296. The van der Waals surface area contributed by atoms with Gasteiger partial charge in [0, 0.05) is 29.0 Å². The van der Waals surface area contributed by atoms with Crippen molar-refractivity contribution >= 4 is 34.9 Å². The van der Waals surface area contributed by atoms with Gasteiger partial charge in [0.2, 0.25) is 0 Å². The Morgan fingerprint density at radius 1 is 0.962 bits per heavy atom. The number of carbonyl (C=O) groups is 2. The van der Waals surface area contributed by atoms with Crippen molar-refractivity contribution in [1.82, 2.24) is 15.5 Å². The maximum Gasteiger partial charge on any atom is 0.318 e. The molecule has 0 aliphatic heterocycles. The van der Waals surface area contributed by atoms with Crippen LogP contribution in [0.15, 0.2) is 54.7 Å². The van der Waals surface area contributed by atoms with Crippen LogP contribution in [0.5, 0.6) is 0 Å². The first kappa shape index (κ1) is 17.5. The predicted molar refractivity (Wildman–Crippen MR) is 102 cm³/mol. The summed E-state index contributed by atoms with van der Waals surface area (Å²) in [4.78, 5) is 23.9. The summed E-state index contributed by atoms with van der Waals surface area (Å²) >= 11 is 5.90. The number of urea groups is 1. The first-order chi connectivity index (χ1) is 12.6. The molecule has 1 heterocycles. The standard InChI is InChI=1S/C18H16ClN5O2/c1-20-18(26)23-14-8-6-13(7-9-14)22-17(25)15-10-21-24-16(15)11-2-4-12(19)5-3-11/h2-10H,1H3,(H,21,24)(H,22,25)(H2,20,23,26). The van der Waals surface area contributed by atoms with E-state index < -0.39 is 0 Å². The van der Waals surface area contributed by atoms with Crippen molar-refractivity contribution in [3.05, 3.63) is 65.3 Å². The van der Waals surface area contributed by atoms with Gasteiger partial charge in [-0.2, -0.15) is 5.10 Å². The zero-order chi connectivity index (χ0) is 18.5. The third-order valence-corrected chi connectivity index (χ3v) is 3.90. The highest BCUT2D eigenvalue weighted by Gasteiger charge is 2.15. The van der Waals surface area contributed by atoms with E-state index >= 15 is 0 Å². The van der Waals surface area contributed by atoms with E-state index in [9.17, 15) is 9.59 Å². The number of aromatic nitrogens is 2. The summed E-state index contributed by atoms with van der Waals surface area (Å²) in [5.41, 5.74) is 3.05. The van der Waals surface area contributed by atoms with Gasteiger partial charge < -0.3 is 16.0 Å². The van der Waals surface area contributed by atoms with Gasteiger partial charge in [0.25, 0.3) is 5.91 Å². The number of H-pyrrole nitrogens is 1. The molecule has 0 aliphatic rings. The van der Waals surface area contributed by atoms with E-state index in [-0.39, 0.29) is 11.9 Å². The van der Waals surface area contributed by atoms with Crippen LogP contribution < -0.4 is 16.0 Å². The first-order valence-electron chi connectivity index (χ1n) is 7.76. The van der Waals surface area contributed by atoms with Crippen LogP contribution in [-0.2, 0) is 0 Å². The van der Waals surface area contributed by atoms with E-state index in [1.807, 2.05) is 12.1 Å². The largest absolute Gasteiger partial charge is 0.341 e. The highest BCUT2D eigenvalue weighted by atomic mass is 35.5. The molecule has 0 fully saturated rings. The summed E-state index contributed by atoms with van der Waals surface area (Å²) in [6, 6.07) is 13.6. The number of halogens is 1. The average molecular weight is 370 g/mol. The van der Waals surface area contributed by atoms with Crippen LogP contribution in [0.1, 0.15) is 10.4 Å². The molecule has 0 saturated heterocycles. The Kier molecular flexibility index (Phi) is 5.19. The van der Waals surface area contributed by atoms with Crippen LogP contribution in [-0.4, -0.2) is 29.2 Å². The van der Waals surface area contributed by atoms with Crippen molar-refractivity contribution in [2.24, 2.45) is 0 Å². The molecule has 0 atom stereocenters. The second-order valence-corrected chi connectivity index (χ2v) is 5.84. The Labute approximate surface area is 154 Å². The number of nitrogens with zero attached hydrogens (tertiary/aromatic N) is 1. The number of carbonyl (C=O) groups excluding carboxylic acids is 2. The van der Waals surface area contributed by atoms with Crippen molar-refractivity contribution in [2.45, 2.75) is 0 Å². The zero-order valence-corrected chi connectivity index (χ0v) is 14.6. The van der Waals surface area contributed by atoms with E-state index in [0.717, 1.165) is 5.56 Å². The minimum Gasteiger partial charge on any atom is -0.341 e. The molecule has 0 aliphatic carbocycles. The minimum atomic E-state index is -0.312. The van der Waals surface area contributed by atoms with Gasteiger partial charge in [-0.3, -0.25) is 9.89 Å². The van der Waals surface area contributed by atoms with Gasteiger partial charge in [0.1, 0.15) is 0 Å². The molecule has 4 N–H and O–H groups in total. The molecular weight excluding hydrogens is 354 g/mol. The zero-order valence-electron chi connectivity index (χ0n) is 13.8. The van der Waals surface area contributed by atoms with Gasteiger partial charge in [-0.25, -0.2) is 4.79 Å². The molecule has 3 amide bonds. The molecule has 0 saturated carbocycles. The molecule has 3 aromatic rings. The summed E-state index contributed by atoms with van der Waals surface area (Å²) in [5, 5.41) is 15.3. The molecule has 0 bridgehead atoms. The highest BCUT2D eigenvalue weighted by molar-refractivity contribution is 6.30. The summed E-state index contributed by atoms with van der Waals surface area (Å²) in [7, 11) is 1.53. The maximum absolute atomic E-state index is 12.6. The van der Waals surface area contributed by atoms with E-state index in [4.69, 9.17) is 11.6 Å². The quantitative estimate of drug-likeness (QED) is 0.563. The number of amides is 3. The van der Waals surface area contributed by atoms with Crippen LogP contribution in [0.25, 0.3) is 11.3 Å². The van der Waals surface area contributed by atoms with E-state index in [0.29, 0.717) is 27.7 Å². The van der Waals surface area contributed by atoms with E-state index in [1.54, 1.807) is 36.4 Å². The normalized spacial score (nSPS) is 10.2. The summed E-state index contributed by atoms with van der Waals surface area (Å²) in [6.07, 6.45) is 1.47. The number of rotatable bonds is 4. The molecule has 1 aromatic heterocycles. The lowest BCUT2D eigenvalue weighted by atomic mass is 10.1. The lowest BCUT2D eigenvalue weighted by Crippen LogP contribution is -2.24. The second kappa shape index (κ2) is 7.71. The molecule has 0 spiro atoms. The second-order valence-electron chi connectivity index (χ2n) is 5.40. The Hall–Kier alpha value is -3.32. The number of hydrogen-bond acceptors (Lipinski definition) is 3. The van der Waals surface area contributed by atoms with Crippen LogP contribution in [0.4, 0.5) is 16.2 Å². The van der Waals surface area contributed by atoms with Crippen LogP contribution in [0.3, 0.4) is 0 Å². The third kappa shape index (κ3) is 4.01. The summed E-state index contributed by atoms with van der Waals surface area (Å²) in [6.45, 7) is 0. The van der Waals surface area contributed by atoms with E-state index in [2.05, 4.69) is 26.1 Å². The van der Waals surface area contributed by atoms with Crippen molar-refractivity contribution in [3.63, 3.8) is 0 Å². The van der Waals surface area contributed by atoms with Gasteiger partial charge in [-0.05, 0) is 36.4 Å². The highest BCUT2D eigenvalue weighted by Crippen LogP contribution is 2.24. The van der Waals surface area contributed by atoms with Gasteiger partial charge in [0.15, 0.2) is 0 Å². The van der Waals surface area contributed by atoms with Crippen molar-refractivity contribution in [3.8, 4) is 11.3 Å². The maximum atomic E-state index is 12.6. The Morgan fingerprint density at radius 3 is 2.19 bits per heavy atom. The fourth-order valence-corrected chi connectivity index (χ4v) is 2.45. The van der Waals surface area contributed by atoms with Gasteiger partial charge in [0.05, 0.1) is 17.5 Å². The smallest absolute Gasteiger partial charge is 0.318 e. The monoisotopic (exact) mass is 369 g/mol. The van der Waals surface area contributed by atoms with Gasteiger partial charge in [-0.15, -0.1) is 0 Å². The summed E-state index contributed by atoms with van der Waals surface area (Å²) < 4.78 is 0. The fraction of sp³-hybridized carbons (Fsp3) is 0.0556. The molecule has 0 unspecified atom stereocenters. The Bertz CT molecular complexity index is 920. The number of nitrogens with one attached hydrogen (secondary N) is 4. The Morgan fingerprint density at radius 2 is 1.58 bits per heavy atom. The first-order valence-corrected chi connectivity index (χ1v) is 8.14. The van der Waals surface area contributed by atoms with Crippen molar-refractivity contribution in [1.29, 1.82) is 0 Å². The lowest BCUT2D eigenvalue weighted by Gasteiger charge is -2.08. The third-order valence-electron chi connectivity index (χ3n) is 3.64. The predicted octanol–water partition coefficient (Wildman–Crippen LogP) is 3.73. The molecule has 2 aromatic carbocycles. The van der Waals surface area contributed by atoms with Crippen LogP contribution >= 0.6 is 11.6 Å². The van der Waals surface area contributed by atoms with Crippen molar-refractivity contribution in [2.75, 3.05) is 17.7 Å². The van der Waals surface area contributed by atoms with Crippen LogP contribution in [0.2, 0.25) is 5.02 Å². The topological polar surface area (TPSA) is 98.9 Å². The molecule has 132 valence electrons. The molecule has 7 nitrogen and oxygen atoms in total. The number of benzene rings is 2. The SMILES string of the molecule is CNC(=O)Nc1ccc(NC(=O)c2cn[nH]c2-c2ccc(Cl)cc2)cc1. The average Bonchev–Trinajstić information content (AvgIpc) is 3.14. The molecule has 0 radical (unpaired) electrons. The minimum absolute atomic E-state index is 0.296. The lowest BCUT2D eigenvalue weighted by molar-refractivity contribution is 0.102. The Balaban J connectivity index is 1.74.